The second-order valence-corrected chi connectivity index (χ2v) is 9.73. The molecule has 4 rings (SSSR count). The fraction of sp³-hybridized carbons (Fsp3) is 0.586. The van der Waals surface area contributed by atoms with Crippen LogP contribution in [-0.2, 0) is 11.2 Å². The third-order valence-corrected chi connectivity index (χ3v) is 7.59. The zero-order chi connectivity index (χ0) is 21.5. The van der Waals surface area contributed by atoms with Gasteiger partial charge < -0.3 is 9.47 Å². The van der Waals surface area contributed by atoms with E-state index < -0.39 is 0 Å². The number of aryl methyl sites for hydroxylation is 1. The first-order valence-corrected chi connectivity index (χ1v) is 12.7. The Bertz CT molecular complexity index is 791. The van der Waals surface area contributed by atoms with Crippen LogP contribution >= 0.6 is 0 Å². The normalized spacial score (nSPS) is 21.3. The Hall–Kier alpha value is -1.80. The van der Waals surface area contributed by atoms with Crippen molar-refractivity contribution >= 4 is 0 Å². The minimum Gasteiger partial charge on any atom is -0.464 e. The van der Waals surface area contributed by atoms with Crippen LogP contribution in [0.3, 0.4) is 0 Å². The Labute approximate surface area is 189 Å². The number of hydrogen-bond donors (Lipinski definition) is 0. The van der Waals surface area contributed by atoms with E-state index in [9.17, 15) is 0 Å². The summed E-state index contributed by atoms with van der Waals surface area (Å²) in [5, 5.41) is 0. The Morgan fingerprint density at radius 3 is 2.45 bits per heavy atom. The number of fused-ring (bicyclic) bond motifs is 1. The van der Waals surface area contributed by atoms with Gasteiger partial charge in [0.05, 0.1) is 6.61 Å². The molecular formula is C29H40O2. The van der Waals surface area contributed by atoms with E-state index in [0.717, 1.165) is 31.1 Å². The van der Waals surface area contributed by atoms with Gasteiger partial charge in [-0.25, -0.2) is 0 Å². The molecule has 3 atom stereocenters. The van der Waals surface area contributed by atoms with Crippen molar-refractivity contribution in [2.75, 3.05) is 6.61 Å². The molecule has 0 amide bonds. The highest BCUT2D eigenvalue weighted by Crippen LogP contribution is 2.37. The molecule has 0 heterocycles. The first-order chi connectivity index (χ1) is 15.2. The summed E-state index contributed by atoms with van der Waals surface area (Å²) in [5.74, 6) is 2.66. The molecule has 2 heteroatoms. The fourth-order valence-electron chi connectivity index (χ4n) is 5.38. The van der Waals surface area contributed by atoms with Crippen LogP contribution in [0.15, 0.2) is 48.5 Å². The third kappa shape index (κ3) is 5.92. The summed E-state index contributed by atoms with van der Waals surface area (Å²) in [6, 6.07) is 17.6. The minimum absolute atomic E-state index is 0.209. The van der Waals surface area contributed by atoms with Crippen molar-refractivity contribution in [1.29, 1.82) is 0 Å². The maximum Gasteiger partial charge on any atom is 0.206 e. The lowest BCUT2D eigenvalue weighted by molar-refractivity contribution is -0.103. The molecule has 0 bridgehead atoms. The van der Waals surface area contributed by atoms with Crippen LogP contribution in [0, 0.1) is 5.92 Å². The standard InChI is InChI=1S/C29H40O2/c1-3-22(2)24-16-18-26(19-17-24)31-29(30-21-20-23-10-5-4-6-11-23)28-15-9-13-25-12-7-8-14-27(25)28/h7-8,12,14,16-19,22-23,28-29H,3-6,9-11,13,15,20-21H2,1-2H3. The summed E-state index contributed by atoms with van der Waals surface area (Å²) >= 11 is 0. The van der Waals surface area contributed by atoms with Gasteiger partial charge in [-0.1, -0.05) is 82.3 Å². The Kier molecular flexibility index (Phi) is 8.08. The highest BCUT2D eigenvalue weighted by atomic mass is 16.7. The van der Waals surface area contributed by atoms with Crippen LogP contribution in [0.1, 0.15) is 100 Å². The molecular weight excluding hydrogens is 380 g/mol. The molecule has 0 aliphatic heterocycles. The third-order valence-electron chi connectivity index (χ3n) is 7.59. The van der Waals surface area contributed by atoms with E-state index in [-0.39, 0.29) is 6.29 Å². The monoisotopic (exact) mass is 420 g/mol. The molecule has 2 aliphatic carbocycles. The molecule has 168 valence electrons. The zero-order valence-corrected chi connectivity index (χ0v) is 19.5. The molecule has 1 saturated carbocycles. The van der Waals surface area contributed by atoms with Crippen molar-refractivity contribution in [2.45, 2.75) is 96.2 Å². The van der Waals surface area contributed by atoms with E-state index in [4.69, 9.17) is 9.47 Å². The van der Waals surface area contributed by atoms with Crippen LogP contribution in [0.2, 0.25) is 0 Å². The van der Waals surface area contributed by atoms with Crippen molar-refractivity contribution in [1.82, 2.24) is 0 Å². The van der Waals surface area contributed by atoms with E-state index in [0.29, 0.717) is 11.8 Å². The van der Waals surface area contributed by atoms with Gasteiger partial charge in [0.1, 0.15) is 5.75 Å². The van der Waals surface area contributed by atoms with Gasteiger partial charge in [0.2, 0.25) is 6.29 Å². The molecule has 0 saturated heterocycles. The first-order valence-electron chi connectivity index (χ1n) is 12.7. The summed E-state index contributed by atoms with van der Waals surface area (Å²) in [4.78, 5) is 0. The maximum absolute atomic E-state index is 6.55. The molecule has 2 aromatic rings. The predicted molar refractivity (Wildman–Crippen MR) is 129 cm³/mol. The van der Waals surface area contributed by atoms with Gasteiger partial charge in [0.25, 0.3) is 0 Å². The van der Waals surface area contributed by atoms with Crippen LogP contribution in [0.4, 0.5) is 0 Å². The summed E-state index contributed by atoms with van der Waals surface area (Å²) in [7, 11) is 0. The van der Waals surface area contributed by atoms with Crippen LogP contribution in [-0.4, -0.2) is 12.9 Å². The second-order valence-electron chi connectivity index (χ2n) is 9.73. The van der Waals surface area contributed by atoms with Gasteiger partial charge in [-0.3, -0.25) is 0 Å². The van der Waals surface area contributed by atoms with E-state index in [2.05, 4.69) is 62.4 Å². The molecule has 3 unspecified atom stereocenters. The molecule has 31 heavy (non-hydrogen) atoms. The van der Waals surface area contributed by atoms with Gasteiger partial charge in [-0.05, 0) is 72.8 Å². The second kappa shape index (κ2) is 11.2. The smallest absolute Gasteiger partial charge is 0.206 e. The number of rotatable bonds is 9. The van der Waals surface area contributed by atoms with Crippen LogP contribution in [0.5, 0.6) is 5.75 Å². The quantitative estimate of drug-likeness (QED) is 0.382. The van der Waals surface area contributed by atoms with Crippen molar-refractivity contribution in [3.63, 3.8) is 0 Å². The Balaban J connectivity index is 1.47. The number of ether oxygens (including phenoxy) is 2. The zero-order valence-electron chi connectivity index (χ0n) is 19.5. The lowest BCUT2D eigenvalue weighted by atomic mass is 9.82. The fourth-order valence-corrected chi connectivity index (χ4v) is 5.38. The highest BCUT2D eigenvalue weighted by Gasteiger charge is 2.30. The van der Waals surface area contributed by atoms with E-state index >= 15 is 0 Å². The first kappa shape index (κ1) is 22.4. The Morgan fingerprint density at radius 2 is 1.68 bits per heavy atom. The van der Waals surface area contributed by atoms with E-state index in [1.165, 1.54) is 68.1 Å². The number of hydrogen-bond acceptors (Lipinski definition) is 2. The van der Waals surface area contributed by atoms with Gasteiger partial charge in [0.15, 0.2) is 0 Å². The highest BCUT2D eigenvalue weighted by molar-refractivity contribution is 5.34. The molecule has 0 aromatic heterocycles. The molecule has 0 spiro atoms. The summed E-state index contributed by atoms with van der Waals surface area (Å²) in [6.07, 6.45) is 12.6. The van der Waals surface area contributed by atoms with E-state index in [1.807, 2.05) is 0 Å². The molecule has 1 fully saturated rings. The minimum atomic E-state index is -0.209. The van der Waals surface area contributed by atoms with E-state index in [1.54, 1.807) is 0 Å². The predicted octanol–water partition coefficient (Wildman–Crippen LogP) is 8.01. The van der Waals surface area contributed by atoms with Crippen LogP contribution in [0.25, 0.3) is 0 Å². The molecule has 2 aliphatic rings. The van der Waals surface area contributed by atoms with Crippen molar-refractivity contribution in [2.24, 2.45) is 5.92 Å². The van der Waals surface area contributed by atoms with Gasteiger partial charge in [-0.2, -0.15) is 0 Å². The van der Waals surface area contributed by atoms with Gasteiger partial charge in [-0.15, -0.1) is 0 Å². The topological polar surface area (TPSA) is 18.5 Å². The SMILES string of the molecule is CCC(C)c1ccc(OC(OCCC2CCCCC2)C2CCCc3ccccc32)cc1. The summed E-state index contributed by atoms with van der Waals surface area (Å²) in [6.45, 7) is 5.33. The number of benzene rings is 2. The van der Waals surface area contributed by atoms with Crippen LogP contribution < -0.4 is 4.74 Å². The average Bonchev–Trinajstić information content (AvgIpc) is 2.83. The summed E-state index contributed by atoms with van der Waals surface area (Å²) < 4.78 is 13.1. The molecule has 2 nitrogen and oxygen atoms in total. The van der Waals surface area contributed by atoms with Gasteiger partial charge in [0, 0.05) is 5.92 Å². The van der Waals surface area contributed by atoms with Gasteiger partial charge >= 0.3 is 0 Å². The summed E-state index contributed by atoms with van der Waals surface area (Å²) in [5.41, 5.74) is 4.27. The average molecular weight is 421 g/mol. The maximum atomic E-state index is 6.55. The lowest BCUT2D eigenvalue weighted by Crippen LogP contribution is -2.32. The largest absolute Gasteiger partial charge is 0.464 e. The lowest BCUT2D eigenvalue weighted by Gasteiger charge is -2.33. The van der Waals surface area contributed by atoms with Crippen molar-refractivity contribution in [3.05, 3.63) is 65.2 Å². The molecule has 0 N–H and O–H groups in total. The Morgan fingerprint density at radius 1 is 0.903 bits per heavy atom. The van der Waals surface area contributed by atoms with Crippen molar-refractivity contribution < 1.29 is 9.47 Å². The molecule has 0 radical (unpaired) electrons. The van der Waals surface area contributed by atoms with Crippen molar-refractivity contribution in [3.8, 4) is 5.75 Å². The molecule has 2 aromatic carbocycles.